The molecule has 0 saturated heterocycles. The van der Waals surface area contributed by atoms with E-state index in [0.29, 0.717) is 11.1 Å². The van der Waals surface area contributed by atoms with E-state index in [4.69, 9.17) is 0 Å². The molecule has 2 amide bonds. The van der Waals surface area contributed by atoms with E-state index < -0.39 is 17.9 Å². The van der Waals surface area contributed by atoms with Gasteiger partial charge in [0.15, 0.2) is 0 Å². The van der Waals surface area contributed by atoms with Crippen LogP contribution < -0.4 is 10.6 Å². The Morgan fingerprint density at radius 2 is 1.64 bits per heavy atom. The van der Waals surface area contributed by atoms with Crippen molar-refractivity contribution in [1.82, 2.24) is 5.32 Å². The SMILES string of the molecule is O=C(Cc1cccc(F)c1)NCc1ccc(NC(=O)C(F)(F)F)cc1. The molecule has 0 fully saturated rings. The van der Waals surface area contributed by atoms with Crippen LogP contribution in [-0.4, -0.2) is 18.0 Å². The number of benzene rings is 2. The van der Waals surface area contributed by atoms with Crippen LogP contribution in [0.3, 0.4) is 0 Å². The summed E-state index contributed by atoms with van der Waals surface area (Å²) < 4.78 is 49.5. The molecule has 2 rings (SSSR count). The Morgan fingerprint density at radius 1 is 0.960 bits per heavy atom. The zero-order valence-corrected chi connectivity index (χ0v) is 12.9. The highest BCUT2D eigenvalue weighted by atomic mass is 19.4. The Kier molecular flexibility index (Phi) is 5.74. The molecule has 2 aromatic carbocycles. The summed E-state index contributed by atoms with van der Waals surface area (Å²) in [6, 6.07) is 11.2. The van der Waals surface area contributed by atoms with Gasteiger partial charge in [0.2, 0.25) is 5.91 Å². The lowest BCUT2D eigenvalue weighted by Gasteiger charge is -2.09. The quantitative estimate of drug-likeness (QED) is 0.811. The van der Waals surface area contributed by atoms with Crippen LogP contribution in [0.4, 0.5) is 23.2 Å². The van der Waals surface area contributed by atoms with Gasteiger partial charge in [0.1, 0.15) is 5.82 Å². The number of hydrogen-bond acceptors (Lipinski definition) is 2. The number of rotatable bonds is 5. The van der Waals surface area contributed by atoms with Gasteiger partial charge in [-0.1, -0.05) is 24.3 Å². The first-order valence-corrected chi connectivity index (χ1v) is 7.22. The number of carbonyl (C=O) groups excluding carboxylic acids is 2. The van der Waals surface area contributed by atoms with E-state index in [1.165, 1.54) is 42.5 Å². The fraction of sp³-hybridized carbons (Fsp3) is 0.176. The van der Waals surface area contributed by atoms with Crippen molar-refractivity contribution in [2.24, 2.45) is 0 Å². The van der Waals surface area contributed by atoms with E-state index >= 15 is 0 Å². The Hall–Kier alpha value is -2.90. The molecule has 0 saturated carbocycles. The Balaban J connectivity index is 1.85. The molecule has 0 atom stereocenters. The van der Waals surface area contributed by atoms with E-state index in [2.05, 4.69) is 5.32 Å². The second-order valence-electron chi connectivity index (χ2n) is 5.23. The summed E-state index contributed by atoms with van der Waals surface area (Å²) in [5.74, 6) is -2.80. The number of alkyl halides is 3. The molecule has 0 spiro atoms. The fourth-order valence-electron chi connectivity index (χ4n) is 2.00. The average Bonchev–Trinajstić information content (AvgIpc) is 2.53. The molecule has 8 heteroatoms. The van der Waals surface area contributed by atoms with Crippen LogP contribution in [0.5, 0.6) is 0 Å². The number of hydrogen-bond donors (Lipinski definition) is 2. The van der Waals surface area contributed by atoms with Gasteiger partial charge in [-0.2, -0.15) is 13.2 Å². The maximum Gasteiger partial charge on any atom is 0.471 e. The van der Waals surface area contributed by atoms with Crippen LogP contribution in [-0.2, 0) is 22.6 Å². The molecular formula is C17H14F4N2O2. The van der Waals surface area contributed by atoms with Crippen molar-refractivity contribution in [3.8, 4) is 0 Å². The number of anilines is 1. The molecule has 0 radical (unpaired) electrons. The standard InChI is InChI=1S/C17H14F4N2O2/c18-13-3-1-2-12(8-13)9-15(24)22-10-11-4-6-14(7-5-11)23-16(25)17(19,20)21/h1-8H,9-10H2,(H,22,24)(H,23,25). The number of amides is 2. The van der Waals surface area contributed by atoms with E-state index in [-0.39, 0.29) is 24.6 Å². The second-order valence-corrected chi connectivity index (χ2v) is 5.23. The minimum absolute atomic E-state index is 0.00263. The highest BCUT2D eigenvalue weighted by molar-refractivity contribution is 5.94. The lowest BCUT2D eigenvalue weighted by Crippen LogP contribution is -2.29. The van der Waals surface area contributed by atoms with Gasteiger partial charge in [0.05, 0.1) is 6.42 Å². The first kappa shape index (κ1) is 18.4. The third kappa shape index (κ3) is 5.91. The van der Waals surface area contributed by atoms with Gasteiger partial charge in [-0.25, -0.2) is 4.39 Å². The van der Waals surface area contributed by atoms with E-state index in [1.807, 2.05) is 0 Å². The summed E-state index contributed by atoms with van der Waals surface area (Å²) in [6.07, 6.45) is -4.94. The van der Waals surface area contributed by atoms with Gasteiger partial charge < -0.3 is 10.6 Å². The summed E-state index contributed by atoms with van der Waals surface area (Å²) >= 11 is 0. The van der Waals surface area contributed by atoms with Crippen molar-refractivity contribution in [3.05, 3.63) is 65.5 Å². The molecule has 4 nitrogen and oxygen atoms in total. The maximum atomic E-state index is 13.0. The molecule has 0 aromatic heterocycles. The van der Waals surface area contributed by atoms with Crippen molar-refractivity contribution < 1.29 is 27.2 Å². The summed E-state index contributed by atoms with van der Waals surface area (Å²) in [7, 11) is 0. The van der Waals surface area contributed by atoms with Gasteiger partial charge in [-0.3, -0.25) is 9.59 Å². The first-order chi connectivity index (χ1) is 11.7. The van der Waals surface area contributed by atoms with Gasteiger partial charge in [0, 0.05) is 12.2 Å². The van der Waals surface area contributed by atoms with Gasteiger partial charge in [-0.05, 0) is 35.4 Å². The Morgan fingerprint density at radius 3 is 2.24 bits per heavy atom. The van der Waals surface area contributed by atoms with Crippen LogP contribution in [0.15, 0.2) is 48.5 Å². The second kappa shape index (κ2) is 7.78. The summed E-state index contributed by atoms with van der Waals surface area (Å²) in [4.78, 5) is 22.6. The predicted octanol–water partition coefficient (Wildman–Crippen LogP) is 3.19. The molecule has 2 N–H and O–H groups in total. The number of halogens is 4. The van der Waals surface area contributed by atoms with Crippen LogP contribution in [0.1, 0.15) is 11.1 Å². The van der Waals surface area contributed by atoms with E-state index in [9.17, 15) is 27.2 Å². The number of nitrogens with one attached hydrogen (secondary N) is 2. The van der Waals surface area contributed by atoms with Crippen molar-refractivity contribution in [2.45, 2.75) is 19.1 Å². The van der Waals surface area contributed by atoms with Crippen molar-refractivity contribution in [3.63, 3.8) is 0 Å². The van der Waals surface area contributed by atoms with Crippen LogP contribution in [0.2, 0.25) is 0 Å². The molecule has 0 aliphatic carbocycles. The van der Waals surface area contributed by atoms with Gasteiger partial charge in [0.25, 0.3) is 0 Å². The van der Waals surface area contributed by atoms with Crippen LogP contribution in [0, 0.1) is 5.82 Å². The molecule has 0 heterocycles. The smallest absolute Gasteiger partial charge is 0.352 e. The molecule has 0 bridgehead atoms. The molecule has 0 aliphatic heterocycles. The normalized spacial score (nSPS) is 11.0. The third-order valence-corrected chi connectivity index (χ3v) is 3.21. The topological polar surface area (TPSA) is 58.2 Å². The predicted molar refractivity (Wildman–Crippen MR) is 83.1 cm³/mol. The average molecular weight is 354 g/mol. The lowest BCUT2D eigenvalue weighted by molar-refractivity contribution is -0.167. The van der Waals surface area contributed by atoms with E-state index in [1.54, 1.807) is 11.4 Å². The summed E-state index contributed by atoms with van der Waals surface area (Å²) in [5.41, 5.74) is 1.16. The largest absolute Gasteiger partial charge is 0.471 e. The molecule has 132 valence electrons. The minimum atomic E-state index is -4.95. The van der Waals surface area contributed by atoms with Crippen LogP contribution in [0.25, 0.3) is 0 Å². The molecule has 0 unspecified atom stereocenters. The van der Waals surface area contributed by atoms with Gasteiger partial charge >= 0.3 is 12.1 Å². The Labute approximate surface area is 140 Å². The van der Waals surface area contributed by atoms with Crippen LogP contribution >= 0.6 is 0 Å². The monoisotopic (exact) mass is 354 g/mol. The zero-order chi connectivity index (χ0) is 18.4. The maximum absolute atomic E-state index is 13.0. The van der Waals surface area contributed by atoms with Crippen molar-refractivity contribution >= 4 is 17.5 Å². The number of carbonyl (C=O) groups is 2. The van der Waals surface area contributed by atoms with E-state index in [0.717, 1.165) is 0 Å². The van der Waals surface area contributed by atoms with Crippen molar-refractivity contribution in [1.29, 1.82) is 0 Å². The first-order valence-electron chi connectivity index (χ1n) is 7.22. The highest BCUT2D eigenvalue weighted by Crippen LogP contribution is 2.18. The third-order valence-electron chi connectivity index (χ3n) is 3.21. The van der Waals surface area contributed by atoms with Gasteiger partial charge in [-0.15, -0.1) is 0 Å². The minimum Gasteiger partial charge on any atom is -0.352 e. The molecule has 0 aliphatic rings. The molecule has 25 heavy (non-hydrogen) atoms. The fourth-order valence-corrected chi connectivity index (χ4v) is 2.00. The summed E-state index contributed by atoms with van der Waals surface area (Å²) in [6.45, 7) is 0.154. The Bertz CT molecular complexity index is 758. The highest BCUT2D eigenvalue weighted by Gasteiger charge is 2.38. The zero-order valence-electron chi connectivity index (χ0n) is 12.9. The van der Waals surface area contributed by atoms with Crippen molar-refractivity contribution in [2.75, 3.05) is 5.32 Å². The molecule has 2 aromatic rings. The molecular weight excluding hydrogens is 340 g/mol. The summed E-state index contributed by atoms with van der Waals surface area (Å²) in [5, 5.41) is 4.35. The lowest BCUT2D eigenvalue weighted by atomic mass is 10.1.